The summed E-state index contributed by atoms with van der Waals surface area (Å²) in [5.74, 6) is -15.1. The fourth-order valence-corrected chi connectivity index (χ4v) is 12.0. The predicted octanol–water partition coefficient (Wildman–Crippen LogP) is -7.67. The van der Waals surface area contributed by atoms with Crippen molar-refractivity contribution in [2.75, 3.05) is 44.3 Å². The predicted molar refractivity (Wildman–Crippen MR) is 332 cm³/mol. The number of aromatic nitrogens is 1. The minimum absolute atomic E-state index is 0.0144. The molecule has 3 aliphatic heterocycles. The molecule has 1 aromatic carbocycles. The van der Waals surface area contributed by atoms with Crippen molar-refractivity contribution in [3.8, 4) is 0 Å². The zero-order chi connectivity index (χ0) is 66.9. The molecule has 0 radical (unpaired) electrons. The molecule has 5 rings (SSSR count). The number of primary amides is 1. The number of aliphatic imine (C=N–C) groups is 2. The molecule has 2 bridgehead atoms. The molecule has 0 spiro atoms. The van der Waals surface area contributed by atoms with Crippen LogP contribution in [0.2, 0.25) is 0 Å². The van der Waals surface area contributed by atoms with E-state index in [1.807, 2.05) is 0 Å². The van der Waals surface area contributed by atoms with Gasteiger partial charge in [-0.2, -0.15) is 0 Å². The van der Waals surface area contributed by atoms with Gasteiger partial charge in [-0.1, -0.05) is 51.9 Å². The fourth-order valence-electron chi connectivity index (χ4n) is 9.72. The summed E-state index contributed by atoms with van der Waals surface area (Å²) >= 11 is 0. The number of rotatable bonds is 16. The number of hydrogen-bond acceptors (Lipinski definition) is 19. The second-order valence-corrected chi connectivity index (χ2v) is 23.9. The number of aromatic amines is 1. The van der Waals surface area contributed by atoms with E-state index in [9.17, 15) is 72.5 Å². The molecule has 35 nitrogen and oxygen atoms in total. The average molecular weight is 1310 g/mol. The summed E-state index contributed by atoms with van der Waals surface area (Å²) in [6, 6.07) is -10.6. The molecular formula is C54H80N20O15S2. The number of aliphatic hydroxyl groups excluding tert-OH is 1. The fraction of sp³-hybridized carbons (Fsp3) is 0.537. The van der Waals surface area contributed by atoms with Crippen LogP contribution in [0.5, 0.6) is 0 Å². The average Bonchev–Trinajstić information content (AvgIpc) is 1.86. The van der Waals surface area contributed by atoms with Gasteiger partial charge in [-0.05, 0) is 69.9 Å². The summed E-state index contributed by atoms with van der Waals surface area (Å²) in [5, 5.41) is 46.2. The Morgan fingerprint density at radius 2 is 1.21 bits per heavy atom. The van der Waals surface area contributed by atoms with Crippen molar-refractivity contribution in [3.63, 3.8) is 0 Å². The highest BCUT2D eigenvalue weighted by atomic mass is 33.1. The number of amides is 12. The molecule has 2 saturated heterocycles. The largest absolute Gasteiger partial charge is 0.481 e. The Morgan fingerprint density at radius 1 is 0.648 bits per heavy atom. The molecule has 91 heavy (non-hydrogen) atoms. The van der Waals surface area contributed by atoms with E-state index >= 15 is 0 Å². The van der Waals surface area contributed by atoms with Gasteiger partial charge in [-0.25, -0.2) is 0 Å². The van der Waals surface area contributed by atoms with Gasteiger partial charge in [0.25, 0.3) is 0 Å². The third-order valence-corrected chi connectivity index (χ3v) is 16.9. The molecule has 25 N–H and O–H groups in total. The SMILES string of the molecule is C[C@@H]1NC(=O)[C@@H]2CSSC[C@H](NC(=O)CN)C(=O)N[C@@H](C/C=C/C[C@@H](C(N)=O)NC(=O)[C@H](CCCN=C(N)N)NC(=O)[C@H](Cc3c[nH]c4ccccc34)NC1=O)C(=O)N[C@@H](CO)C(=O)N[C@@H](CC(=O)O)C(=O)N1CCC[C@H]1C(=O)N[C@@H](CCCN=C(N)N)C(=O)N2. The number of nitrogens with zero attached hydrogens (tertiary/aromatic N) is 3. The van der Waals surface area contributed by atoms with Gasteiger partial charge >= 0.3 is 5.97 Å². The van der Waals surface area contributed by atoms with Gasteiger partial charge in [0.2, 0.25) is 70.9 Å². The minimum Gasteiger partial charge on any atom is -0.481 e. The van der Waals surface area contributed by atoms with E-state index in [1.54, 1.807) is 30.5 Å². The lowest BCUT2D eigenvalue weighted by Crippen LogP contribution is -2.61. The summed E-state index contributed by atoms with van der Waals surface area (Å²) in [7, 11) is 1.76. The number of hydrogen-bond donors (Lipinski definition) is 19. The molecule has 1 aromatic heterocycles. The van der Waals surface area contributed by atoms with Crippen LogP contribution in [-0.4, -0.2) is 220 Å². The maximum absolute atomic E-state index is 14.7. The molecule has 11 atom stereocenters. The molecule has 37 heteroatoms. The molecular weight excluding hydrogens is 1230 g/mol. The van der Waals surface area contributed by atoms with E-state index in [1.165, 1.54) is 19.1 Å². The Bertz CT molecular complexity index is 3090. The molecule has 2 fully saturated rings. The monoisotopic (exact) mass is 1310 g/mol. The molecule has 0 aliphatic carbocycles. The van der Waals surface area contributed by atoms with Gasteiger partial charge in [0.05, 0.1) is 19.6 Å². The number of aliphatic carboxylic acids is 1. The third kappa shape index (κ3) is 22.6. The highest BCUT2D eigenvalue weighted by Crippen LogP contribution is 2.25. The molecule has 4 heterocycles. The molecule has 498 valence electrons. The van der Waals surface area contributed by atoms with E-state index in [0.29, 0.717) is 16.5 Å². The van der Waals surface area contributed by atoms with Gasteiger partial charge in [0.1, 0.15) is 66.5 Å². The van der Waals surface area contributed by atoms with Gasteiger partial charge in [-0.3, -0.25) is 72.3 Å². The van der Waals surface area contributed by atoms with Crippen molar-refractivity contribution < 1.29 is 72.5 Å². The van der Waals surface area contributed by atoms with Crippen LogP contribution in [0.3, 0.4) is 0 Å². The number of nitrogens with two attached hydrogens (primary N) is 6. The maximum Gasteiger partial charge on any atom is 0.305 e. The number of aliphatic hydroxyl groups is 1. The topological polar surface area (TPSA) is 583 Å². The Balaban J connectivity index is 1.67. The Labute approximate surface area is 529 Å². The Morgan fingerprint density at radius 3 is 1.85 bits per heavy atom. The first-order valence-electron chi connectivity index (χ1n) is 29.0. The minimum atomic E-state index is -1.95. The lowest BCUT2D eigenvalue weighted by atomic mass is 10.0. The van der Waals surface area contributed by atoms with Gasteiger partial charge in [0.15, 0.2) is 11.9 Å². The number of benzene rings is 1. The van der Waals surface area contributed by atoms with Gasteiger partial charge in [0, 0.05) is 54.7 Å². The number of carbonyl (C=O) groups excluding carboxylic acids is 12. The van der Waals surface area contributed by atoms with Crippen LogP contribution in [-0.2, 0) is 68.7 Å². The number of nitrogens with one attached hydrogen (secondary N) is 11. The van der Waals surface area contributed by atoms with Gasteiger partial charge in [-0.15, -0.1) is 0 Å². The van der Waals surface area contributed by atoms with Crippen molar-refractivity contribution in [2.45, 2.75) is 138 Å². The van der Waals surface area contributed by atoms with E-state index in [0.717, 1.165) is 26.5 Å². The maximum atomic E-state index is 14.7. The van der Waals surface area contributed by atoms with Crippen molar-refractivity contribution in [1.29, 1.82) is 0 Å². The molecule has 2 aromatic rings. The molecule has 0 unspecified atom stereocenters. The lowest BCUT2D eigenvalue weighted by molar-refractivity contribution is -0.146. The number of carbonyl (C=O) groups is 13. The number of guanidine groups is 2. The van der Waals surface area contributed by atoms with E-state index in [2.05, 4.69) is 68.1 Å². The van der Waals surface area contributed by atoms with Crippen molar-refractivity contribution >= 4 is 121 Å². The van der Waals surface area contributed by atoms with Crippen LogP contribution >= 0.6 is 21.6 Å². The third-order valence-electron chi connectivity index (χ3n) is 14.5. The highest BCUT2D eigenvalue weighted by Gasteiger charge is 2.41. The first-order valence-corrected chi connectivity index (χ1v) is 31.5. The Hall–Kier alpha value is -9.23. The van der Waals surface area contributed by atoms with Crippen LogP contribution in [0.15, 0.2) is 52.6 Å². The first kappa shape index (κ1) is 72.5. The summed E-state index contributed by atoms with van der Waals surface area (Å²) in [4.78, 5) is 194. The van der Waals surface area contributed by atoms with Crippen LogP contribution < -0.4 is 87.6 Å². The Kier molecular flexibility index (Phi) is 28.6. The van der Waals surface area contributed by atoms with Crippen LogP contribution in [0, 0.1) is 0 Å². The molecule has 12 amide bonds. The lowest BCUT2D eigenvalue weighted by Gasteiger charge is -2.30. The van der Waals surface area contributed by atoms with Crippen LogP contribution in [0.4, 0.5) is 0 Å². The number of fused-ring (bicyclic) bond motifs is 10. The second-order valence-electron chi connectivity index (χ2n) is 21.4. The number of para-hydroxylation sites is 1. The molecule has 3 aliphatic rings. The highest BCUT2D eigenvalue weighted by molar-refractivity contribution is 8.76. The van der Waals surface area contributed by atoms with Crippen molar-refractivity contribution in [2.24, 2.45) is 44.4 Å². The normalized spacial score (nSPS) is 26.3. The summed E-state index contributed by atoms with van der Waals surface area (Å²) < 4.78 is 0. The zero-order valence-electron chi connectivity index (χ0n) is 49.7. The second kappa shape index (κ2) is 35.8. The van der Waals surface area contributed by atoms with Crippen molar-refractivity contribution in [3.05, 3.63) is 48.2 Å². The quantitative estimate of drug-likeness (QED) is 0.0244. The van der Waals surface area contributed by atoms with E-state index < -0.39 is 169 Å². The number of carboxylic acids is 1. The standard InChI is InChI=1S/C54H80N20O15S2/c1-26-43(80)70-34(19-27-22-63-29-10-3-2-9-28(27)29)47(84)67-32(13-6-16-61-53(57)58)44(81)66-30(42(56)79)11-4-5-12-31-45(82)72-36(23-75)48(85)71-35(20-41(77)78)52(89)74-18-8-15-39(74)51(88)69-33(14-7-17-62-54(59)60)46(83)73-38(49(86)64-26)25-91-90-24-37(50(87)68-31)65-40(76)21-55/h2-5,9-10,22,26,30-39,63,75H,6-8,11-21,23-25,55H2,1H3,(H2,56,79)(H,64,86)(H,65,76)(H,66,81)(H,67,84)(H,68,87)(H,69,88)(H,70,80)(H,71,85)(H,72,82)(H,73,83)(H,77,78)(H4,57,58,61)(H4,59,60,62)/b5-4+/t26-,30-,31-,32-,33-,34-,35-,36-,37-,38-,39-/m0/s1. The first-order chi connectivity index (χ1) is 43.3. The van der Waals surface area contributed by atoms with Crippen LogP contribution in [0.25, 0.3) is 10.9 Å². The summed E-state index contributed by atoms with van der Waals surface area (Å²) in [5.41, 5.74) is 34.8. The number of H-pyrrole nitrogens is 1. The van der Waals surface area contributed by atoms with Crippen LogP contribution in [0.1, 0.15) is 70.3 Å². The van der Waals surface area contributed by atoms with E-state index in [4.69, 9.17) is 34.4 Å². The summed E-state index contributed by atoms with van der Waals surface area (Å²) in [6.45, 7) is -0.742. The zero-order valence-corrected chi connectivity index (χ0v) is 51.4. The van der Waals surface area contributed by atoms with Crippen molar-refractivity contribution in [1.82, 2.24) is 63.1 Å². The number of carboxylic acid groups (broad SMARTS) is 1. The van der Waals surface area contributed by atoms with Gasteiger partial charge < -0.3 is 108 Å². The summed E-state index contributed by atoms with van der Waals surface area (Å²) in [6.07, 6.45) is 1.97. The smallest absolute Gasteiger partial charge is 0.305 e. The van der Waals surface area contributed by atoms with E-state index in [-0.39, 0.29) is 94.4 Å². The molecule has 0 saturated carbocycles.